The van der Waals surface area contributed by atoms with Gasteiger partial charge in [-0.2, -0.15) is 0 Å². The topological polar surface area (TPSA) is 40.5 Å². The molecule has 0 spiro atoms. The summed E-state index contributed by atoms with van der Waals surface area (Å²) in [5.74, 6) is 0.254. The number of aliphatic hydroxyl groups excluding tert-OH is 1. The number of hydrogen-bond acceptors (Lipinski definition) is 3. The van der Waals surface area contributed by atoms with Crippen molar-refractivity contribution >= 4 is 17.2 Å². The Bertz CT molecular complexity index is 681. The zero-order valence-corrected chi connectivity index (χ0v) is 16.4. The summed E-state index contributed by atoms with van der Waals surface area (Å²) in [5.41, 5.74) is 2.17. The summed E-state index contributed by atoms with van der Waals surface area (Å²) in [6.07, 6.45) is 6.51. The first kappa shape index (κ1) is 19.1. The van der Waals surface area contributed by atoms with E-state index in [1.54, 1.807) is 11.3 Å². The Morgan fingerprint density at radius 1 is 1.19 bits per heavy atom. The van der Waals surface area contributed by atoms with Crippen molar-refractivity contribution in [2.24, 2.45) is 0 Å². The van der Waals surface area contributed by atoms with E-state index in [0.29, 0.717) is 6.42 Å². The van der Waals surface area contributed by atoms with E-state index >= 15 is 0 Å². The normalized spacial score (nSPS) is 18.0. The average molecular weight is 372 g/mol. The zero-order chi connectivity index (χ0) is 18.4. The molecule has 1 saturated heterocycles. The van der Waals surface area contributed by atoms with Gasteiger partial charge in [0.15, 0.2) is 0 Å². The molecule has 1 unspecified atom stereocenters. The van der Waals surface area contributed by atoms with Crippen molar-refractivity contribution in [3.63, 3.8) is 0 Å². The van der Waals surface area contributed by atoms with Crippen LogP contribution in [0.3, 0.4) is 0 Å². The fourth-order valence-electron chi connectivity index (χ4n) is 3.61. The molecule has 1 aliphatic rings. The van der Waals surface area contributed by atoms with Gasteiger partial charge in [-0.15, -0.1) is 11.3 Å². The molecule has 3 rings (SSSR count). The first-order chi connectivity index (χ1) is 12.7. The molecule has 140 valence electrons. The third-order valence-corrected chi connectivity index (χ3v) is 6.19. The third-order valence-electron chi connectivity index (χ3n) is 5.25. The predicted octanol–water partition coefficient (Wildman–Crippen LogP) is 5.27. The molecule has 4 heteroatoms. The maximum absolute atomic E-state index is 12.0. The summed E-state index contributed by atoms with van der Waals surface area (Å²) < 4.78 is 0. The minimum Gasteiger partial charge on any atom is -0.388 e. The predicted molar refractivity (Wildman–Crippen MR) is 107 cm³/mol. The largest absolute Gasteiger partial charge is 0.388 e. The molecule has 1 aromatic heterocycles. The lowest BCUT2D eigenvalue weighted by Gasteiger charge is -2.41. The average Bonchev–Trinajstić information content (AvgIpc) is 3.17. The molecule has 1 aliphatic heterocycles. The highest BCUT2D eigenvalue weighted by molar-refractivity contribution is 7.09. The number of likely N-dealkylation sites (tertiary alicyclic amines) is 1. The molecule has 1 aromatic carbocycles. The number of rotatable bonds is 10. The van der Waals surface area contributed by atoms with Crippen molar-refractivity contribution in [1.29, 1.82) is 0 Å². The summed E-state index contributed by atoms with van der Waals surface area (Å²) in [4.78, 5) is 15.4. The van der Waals surface area contributed by atoms with Gasteiger partial charge in [-0.3, -0.25) is 4.79 Å². The van der Waals surface area contributed by atoms with E-state index in [4.69, 9.17) is 0 Å². The second-order valence-corrected chi connectivity index (χ2v) is 8.20. The van der Waals surface area contributed by atoms with Crippen LogP contribution in [0.25, 0.3) is 0 Å². The van der Waals surface area contributed by atoms with Crippen LogP contribution in [-0.4, -0.2) is 22.5 Å². The van der Waals surface area contributed by atoms with Crippen LogP contribution in [0.2, 0.25) is 0 Å². The summed E-state index contributed by atoms with van der Waals surface area (Å²) in [6.45, 7) is 3.00. The molecule has 1 amide bonds. The highest BCUT2D eigenvalue weighted by Crippen LogP contribution is 2.35. The zero-order valence-electron chi connectivity index (χ0n) is 15.6. The molecule has 2 aromatic rings. The smallest absolute Gasteiger partial charge is 0.225 e. The van der Waals surface area contributed by atoms with Crippen LogP contribution in [0.5, 0.6) is 0 Å². The van der Waals surface area contributed by atoms with E-state index in [1.165, 1.54) is 23.3 Å². The van der Waals surface area contributed by atoms with Gasteiger partial charge in [0.25, 0.3) is 0 Å². The number of carbonyl (C=O) groups excluding carboxylic acids is 1. The number of carbonyl (C=O) groups is 1. The number of benzene rings is 1. The van der Waals surface area contributed by atoms with E-state index in [2.05, 4.69) is 36.6 Å². The van der Waals surface area contributed by atoms with Gasteiger partial charge in [-0.05, 0) is 41.8 Å². The number of aliphatic hydroxyl groups is 1. The van der Waals surface area contributed by atoms with Crippen LogP contribution >= 0.6 is 11.3 Å². The Labute approximate surface area is 160 Å². The molecule has 2 atom stereocenters. The van der Waals surface area contributed by atoms with Gasteiger partial charge in [0.05, 0.1) is 18.6 Å². The number of unbranched alkanes of at least 4 members (excludes halogenated alkanes) is 2. The quantitative estimate of drug-likeness (QED) is 0.457. The Morgan fingerprint density at radius 2 is 2.00 bits per heavy atom. The van der Waals surface area contributed by atoms with Gasteiger partial charge in [0.1, 0.15) is 0 Å². The van der Waals surface area contributed by atoms with Crippen LogP contribution in [0.15, 0.2) is 41.8 Å². The molecule has 2 heterocycles. The fraction of sp³-hybridized carbons (Fsp3) is 0.500. The molecule has 1 N–H and O–H groups in total. The van der Waals surface area contributed by atoms with Gasteiger partial charge < -0.3 is 10.0 Å². The summed E-state index contributed by atoms with van der Waals surface area (Å²) in [6, 6.07) is 12.7. The second kappa shape index (κ2) is 9.33. The van der Waals surface area contributed by atoms with Gasteiger partial charge in [0, 0.05) is 11.4 Å². The number of amides is 1. The molecular weight excluding hydrogens is 342 g/mol. The highest BCUT2D eigenvalue weighted by Gasteiger charge is 2.36. The first-order valence-electron chi connectivity index (χ1n) is 9.78. The van der Waals surface area contributed by atoms with Crippen molar-refractivity contribution in [2.75, 3.05) is 6.54 Å². The molecule has 0 bridgehead atoms. The Hall–Kier alpha value is -1.65. The van der Waals surface area contributed by atoms with Crippen molar-refractivity contribution in [3.8, 4) is 0 Å². The van der Waals surface area contributed by atoms with E-state index in [9.17, 15) is 9.90 Å². The molecule has 0 aliphatic carbocycles. The lowest BCUT2D eigenvalue weighted by molar-refractivity contribution is -0.146. The monoisotopic (exact) mass is 371 g/mol. The van der Waals surface area contributed by atoms with Crippen LogP contribution in [0.1, 0.15) is 73.6 Å². The third kappa shape index (κ3) is 4.74. The minimum atomic E-state index is -0.375. The molecule has 26 heavy (non-hydrogen) atoms. The van der Waals surface area contributed by atoms with E-state index in [1.807, 2.05) is 17.0 Å². The van der Waals surface area contributed by atoms with Gasteiger partial charge in [-0.25, -0.2) is 0 Å². The molecule has 0 saturated carbocycles. The maximum atomic E-state index is 12.0. The van der Waals surface area contributed by atoms with Crippen LogP contribution in [-0.2, 0) is 11.2 Å². The number of nitrogens with zero attached hydrogens (tertiary/aromatic N) is 1. The fourth-order valence-corrected chi connectivity index (χ4v) is 4.36. The number of thiophene rings is 1. The summed E-state index contributed by atoms with van der Waals surface area (Å²) in [7, 11) is 0. The molecule has 1 fully saturated rings. The van der Waals surface area contributed by atoms with Crippen LogP contribution < -0.4 is 0 Å². The van der Waals surface area contributed by atoms with Crippen LogP contribution in [0, 0.1) is 0 Å². The Kier molecular flexibility index (Phi) is 6.86. The Morgan fingerprint density at radius 3 is 2.65 bits per heavy atom. The second-order valence-electron chi connectivity index (χ2n) is 7.17. The standard InChI is InChI=1S/C22H29NO2S/c1-2-3-4-9-21(24)18-12-10-17(11-13-18)20-16-22(25)23(20)14-5-7-19-8-6-15-26-19/h6,8,10-13,15,20-21,24H,2-5,7,9,14,16H2,1H3/t20-,21?/m1/s1. The minimum absolute atomic E-state index is 0.206. The number of hydrogen-bond donors (Lipinski definition) is 1. The van der Waals surface area contributed by atoms with Crippen molar-refractivity contribution in [2.45, 2.75) is 64.0 Å². The molecular formula is C22H29NO2S. The summed E-state index contributed by atoms with van der Waals surface area (Å²) >= 11 is 1.78. The van der Waals surface area contributed by atoms with Gasteiger partial charge in [0.2, 0.25) is 5.91 Å². The van der Waals surface area contributed by atoms with Crippen LogP contribution in [0.4, 0.5) is 0 Å². The lowest BCUT2D eigenvalue weighted by Crippen LogP contribution is -2.46. The van der Waals surface area contributed by atoms with E-state index in [-0.39, 0.29) is 18.1 Å². The van der Waals surface area contributed by atoms with Gasteiger partial charge >= 0.3 is 0 Å². The highest BCUT2D eigenvalue weighted by atomic mass is 32.1. The molecule has 3 nitrogen and oxygen atoms in total. The van der Waals surface area contributed by atoms with E-state index < -0.39 is 0 Å². The number of β-lactam (4-membered cyclic amide) rings is 1. The van der Waals surface area contributed by atoms with Crippen molar-refractivity contribution in [1.82, 2.24) is 4.90 Å². The maximum Gasteiger partial charge on any atom is 0.225 e. The SMILES string of the molecule is CCCCCC(O)c1ccc([C@H]2CC(=O)N2CCCc2cccs2)cc1. The lowest BCUT2D eigenvalue weighted by atomic mass is 9.92. The summed E-state index contributed by atoms with van der Waals surface area (Å²) in [5, 5.41) is 12.4. The first-order valence-corrected chi connectivity index (χ1v) is 10.7. The number of aryl methyl sites for hydroxylation is 1. The van der Waals surface area contributed by atoms with Crippen molar-refractivity contribution in [3.05, 3.63) is 57.8 Å². The van der Waals surface area contributed by atoms with Crippen molar-refractivity contribution < 1.29 is 9.90 Å². The Balaban J connectivity index is 1.52. The van der Waals surface area contributed by atoms with E-state index in [0.717, 1.165) is 37.8 Å². The molecule has 0 radical (unpaired) electrons. The van der Waals surface area contributed by atoms with Gasteiger partial charge in [-0.1, -0.05) is 56.5 Å².